The number of benzene rings is 2. The summed E-state index contributed by atoms with van der Waals surface area (Å²) in [7, 11) is 1.63. The van der Waals surface area contributed by atoms with Crippen molar-refractivity contribution in [2.75, 3.05) is 26.9 Å². The first-order valence-corrected chi connectivity index (χ1v) is 9.34. The molecule has 0 radical (unpaired) electrons. The van der Waals surface area contributed by atoms with Crippen molar-refractivity contribution in [1.82, 2.24) is 5.32 Å². The van der Waals surface area contributed by atoms with Crippen molar-refractivity contribution in [1.29, 1.82) is 0 Å². The molecule has 1 fully saturated rings. The number of carbonyl (C=O) groups is 1. The Kier molecular flexibility index (Phi) is 6.34. The zero-order chi connectivity index (χ0) is 19.3. The van der Waals surface area contributed by atoms with E-state index in [2.05, 4.69) is 5.32 Å². The second-order valence-electron chi connectivity index (χ2n) is 6.77. The number of amides is 1. The van der Waals surface area contributed by atoms with Crippen LogP contribution in [0.4, 0.5) is 4.39 Å². The van der Waals surface area contributed by atoms with E-state index in [1.54, 1.807) is 13.2 Å². The van der Waals surface area contributed by atoms with Gasteiger partial charge in [-0.05, 0) is 42.7 Å². The highest BCUT2D eigenvalue weighted by molar-refractivity contribution is 6.31. The van der Waals surface area contributed by atoms with Gasteiger partial charge in [0, 0.05) is 35.8 Å². The van der Waals surface area contributed by atoms with Crippen molar-refractivity contribution in [2.24, 2.45) is 0 Å². The van der Waals surface area contributed by atoms with Gasteiger partial charge in [0.1, 0.15) is 11.6 Å². The van der Waals surface area contributed by atoms with E-state index in [0.29, 0.717) is 19.8 Å². The second-order valence-corrected chi connectivity index (χ2v) is 7.18. The van der Waals surface area contributed by atoms with Gasteiger partial charge < -0.3 is 14.8 Å². The number of ether oxygens (including phenoxy) is 2. The Bertz CT molecular complexity index is 768. The van der Waals surface area contributed by atoms with Gasteiger partial charge in [0.05, 0.1) is 13.5 Å². The molecule has 1 amide bonds. The first-order valence-electron chi connectivity index (χ1n) is 8.96. The number of hydrogen-bond donors (Lipinski definition) is 1. The fraction of sp³-hybridized carbons (Fsp3) is 0.381. The number of halogens is 2. The number of carbonyl (C=O) groups excluding carboxylic acids is 1. The highest BCUT2D eigenvalue weighted by Crippen LogP contribution is 2.35. The van der Waals surface area contributed by atoms with Crippen LogP contribution in [0.5, 0.6) is 5.75 Å². The number of methoxy groups -OCH3 is 1. The van der Waals surface area contributed by atoms with Crippen molar-refractivity contribution >= 4 is 17.5 Å². The molecule has 3 rings (SSSR count). The molecule has 0 atom stereocenters. The summed E-state index contributed by atoms with van der Waals surface area (Å²) in [6.07, 6.45) is 1.53. The predicted molar refractivity (Wildman–Crippen MR) is 103 cm³/mol. The van der Waals surface area contributed by atoms with Crippen LogP contribution in [0.2, 0.25) is 5.02 Å². The summed E-state index contributed by atoms with van der Waals surface area (Å²) in [5.74, 6) is 0.0779. The average molecular weight is 392 g/mol. The molecule has 1 N–H and O–H groups in total. The minimum atomic E-state index is -0.464. The molecular formula is C21H23ClFNO3. The van der Waals surface area contributed by atoms with Gasteiger partial charge in [0.25, 0.3) is 0 Å². The summed E-state index contributed by atoms with van der Waals surface area (Å²) in [6.45, 7) is 1.75. The van der Waals surface area contributed by atoms with Crippen molar-refractivity contribution in [3.63, 3.8) is 0 Å². The zero-order valence-corrected chi connectivity index (χ0v) is 16.0. The minimum Gasteiger partial charge on any atom is -0.497 e. The largest absolute Gasteiger partial charge is 0.497 e. The van der Waals surface area contributed by atoms with Gasteiger partial charge in [-0.1, -0.05) is 29.8 Å². The quantitative estimate of drug-likeness (QED) is 0.812. The highest BCUT2D eigenvalue weighted by Gasteiger charge is 2.35. The van der Waals surface area contributed by atoms with Crippen LogP contribution >= 0.6 is 11.6 Å². The zero-order valence-electron chi connectivity index (χ0n) is 15.3. The molecule has 0 saturated carbocycles. The van der Waals surface area contributed by atoms with Gasteiger partial charge in [0.15, 0.2) is 0 Å². The molecule has 1 aliphatic rings. The third kappa shape index (κ3) is 4.60. The van der Waals surface area contributed by atoms with E-state index < -0.39 is 5.82 Å². The SMILES string of the molecule is COc1ccc(C2(CNC(=O)Cc3c(F)cccc3Cl)CCOCC2)cc1. The Balaban J connectivity index is 1.72. The van der Waals surface area contributed by atoms with Crippen LogP contribution in [0.15, 0.2) is 42.5 Å². The Morgan fingerprint density at radius 3 is 2.56 bits per heavy atom. The first kappa shape index (κ1) is 19.6. The summed E-state index contributed by atoms with van der Waals surface area (Å²) < 4.78 is 24.7. The van der Waals surface area contributed by atoms with Crippen LogP contribution in [0.1, 0.15) is 24.0 Å². The maximum absolute atomic E-state index is 13.9. The minimum absolute atomic E-state index is 0.0826. The lowest BCUT2D eigenvalue weighted by Gasteiger charge is -2.38. The molecular weight excluding hydrogens is 369 g/mol. The summed E-state index contributed by atoms with van der Waals surface area (Å²) in [6, 6.07) is 12.3. The fourth-order valence-electron chi connectivity index (χ4n) is 3.47. The van der Waals surface area contributed by atoms with Gasteiger partial charge in [-0.15, -0.1) is 0 Å². The molecule has 0 spiro atoms. The Hall–Kier alpha value is -2.11. The molecule has 0 aromatic heterocycles. The first-order chi connectivity index (χ1) is 13.0. The Morgan fingerprint density at radius 2 is 1.93 bits per heavy atom. The van der Waals surface area contributed by atoms with Crippen LogP contribution in [-0.2, 0) is 21.4 Å². The molecule has 27 heavy (non-hydrogen) atoms. The molecule has 1 aliphatic heterocycles. The monoisotopic (exact) mass is 391 g/mol. The third-order valence-corrected chi connectivity index (χ3v) is 5.53. The van der Waals surface area contributed by atoms with Crippen LogP contribution in [0.3, 0.4) is 0 Å². The maximum Gasteiger partial charge on any atom is 0.224 e. The lowest BCUT2D eigenvalue weighted by molar-refractivity contribution is -0.121. The standard InChI is InChI=1S/C21H23ClFNO3/c1-26-16-7-5-15(6-8-16)21(9-11-27-12-10-21)14-24-20(25)13-17-18(22)3-2-4-19(17)23/h2-8H,9-14H2,1H3,(H,24,25). The topological polar surface area (TPSA) is 47.6 Å². The summed E-state index contributed by atoms with van der Waals surface area (Å²) >= 11 is 6.03. The lowest BCUT2D eigenvalue weighted by Crippen LogP contribution is -2.45. The Morgan fingerprint density at radius 1 is 1.22 bits per heavy atom. The molecule has 6 heteroatoms. The molecule has 1 heterocycles. The van der Waals surface area contributed by atoms with E-state index in [1.807, 2.05) is 24.3 Å². The van der Waals surface area contributed by atoms with Crippen molar-refractivity contribution in [3.8, 4) is 5.75 Å². The summed E-state index contributed by atoms with van der Waals surface area (Å²) in [5, 5.41) is 3.24. The van der Waals surface area contributed by atoms with E-state index in [1.165, 1.54) is 12.1 Å². The summed E-state index contributed by atoms with van der Waals surface area (Å²) in [4.78, 5) is 12.4. The number of rotatable bonds is 6. The van der Waals surface area contributed by atoms with E-state index in [4.69, 9.17) is 21.1 Å². The van der Waals surface area contributed by atoms with E-state index in [0.717, 1.165) is 24.2 Å². The van der Waals surface area contributed by atoms with Gasteiger partial charge in [-0.2, -0.15) is 0 Å². The third-order valence-electron chi connectivity index (χ3n) is 5.18. The molecule has 4 nitrogen and oxygen atoms in total. The number of hydrogen-bond acceptors (Lipinski definition) is 3. The van der Waals surface area contributed by atoms with E-state index >= 15 is 0 Å². The summed E-state index contributed by atoms with van der Waals surface area (Å²) in [5.41, 5.74) is 1.15. The second kappa shape index (κ2) is 8.72. The molecule has 2 aromatic rings. The Labute approximate surface area is 163 Å². The molecule has 0 bridgehead atoms. The molecule has 0 unspecified atom stereocenters. The smallest absolute Gasteiger partial charge is 0.224 e. The number of nitrogens with one attached hydrogen (secondary N) is 1. The van der Waals surface area contributed by atoms with Gasteiger partial charge in [-0.3, -0.25) is 4.79 Å². The van der Waals surface area contributed by atoms with Crippen molar-refractivity contribution < 1.29 is 18.7 Å². The molecule has 144 valence electrons. The molecule has 1 saturated heterocycles. The van der Waals surface area contributed by atoms with Crippen LogP contribution in [0, 0.1) is 5.82 Å². The van der Waals surface area contributed by atoms with Gasteiger partial charge >= 0.3 is 0 Å². The normalized spacial score (nSPS) is 16.0. The van der Waals surface area contributed by atoms with Crippen LogP contribution in [-0.4, -0.2) is 32.8 Å². The maximum atomic E-state index is 13.9. The van der Waals surface area contributed by atoms with Gasteiger partial charge in [-0.25, -0.2) is 4.39 Å². The van der Waals surface area contributed by atoms with Crippen molar-refractivity contribution in [3.05, 3.63) is 64.4 Å². The average Bonchev–Trinajstić information content (AvgIpc) is 2.70. The van der Waals surface area contributed by atoms with Gasteiger partial charge in [0.2, 0.25) is 5.91 Å². The molecule has 0 aliphatic carbocycles. The van der Waals surface area contributed by atoms with Crippen molar-refractivity contribution in [2.45, 2.75) is 24.7 Å². The van der Waals surface area contributed by atoms with Crippen LogP contribution < -0.4 is 10.1 Å². The van der Waals surface area contributed by atoms with Crippen LogP contribution in [0.25, 0.3) is 0 Å². The predicted octanol–water partition coefficient (Wildman–Crippen LogP) is 3.89. The lowest BCUT2D eigenvalue weighted by atomic mass is 9.74. The van der Waals surface area contributed by atoms with E-state index in [-0.39, 0.29) is 28.3 Å². The fourth-order valence-corrected chi connectivity index (χ4v) is 3.70. The van der Waals surface area contributed by atoms with E-state index in [9.17, 15) is 9.18 Å². The highest BCUT2D eigenvalue weighted by atomic mass is 35.5. The molecule has 2 aromatic carbocycles.